The van der Waals surface area contributed by atoms with Crippen LogP contribution in [0.1, 0.15) is 58.3 Å². The van der Waals surface area contributed by atoms with E-state index in [1.54, 1.807) is 0 Å². The number of hydrogen-bond donors (Lipinski definition) is 0. The number of allylic oxidation sites excluding steroid dienone is 1. The average molecular weight is 167 g/mol. The van der Waals surface area contributed by atoms with E-state index in [0.29, 0.717) is 0 Å². The van der Waals surface area contributed by atoms with Gasteiger partial charge in [0.25, 0.3) is 0 Å². The molecule has 71 valence electrons. The van der Waals surface area contributed by atoms with Crippen LogP contribution in [0.4, 0.5) is 0 Å². The average Bonchev–Trinajstić information content (AvgIpc) is 2.10. The highest BCUT2D eigenvalue weighted by molar-refractivity contribution is 4.94. The summed E-state index contributed by atoms with van der Waals surface area (Å²) in [5, 5.41) is 0. The minimum absolute atomic E-state index is 0.912. The molecule has 0 aliphatic rings. The second-order valence-corrected chi connectivity index (χ2v) is 3.52. The lowest BCUT2D eigenvalue weighted by molar-refractivity contribution is 0.605. The van der Waals surface area contributed by atoms with Crippen LogP contribution in [0.2, 0.25) is 0 Å². The molecule has 0 aromatic rings. The molecule has 0 nitrogen and oxygen atoms in total. The van der Waals surface area contributed by atoms with Gasteiger partial charge >= 0.3 is 0 Å². The zero-order chi connectivity index (χ0) is 9.23. The van der Waals surface area contributed by atoms with Gasteiger partial charge in [-0.1, -0.05) is 51.2 Å². The third-order valence-electron chi connectivity index (χ3n) is 2.24. The summed E-state index contributed by atoms with van der Waals surface area (Å²) in [7, 11) is 0. The molecule has 0 amide bonds. The van der Waals surface area contributed by atoms with E-state index in [4.69, 9.17) is 0 Å². The standard InChI is InChI=1S/C12H23/c1-4-6-7-8-9-10-11-12(3)5-2/h2-11H2,1H3. The molecule has 0 saturated heterocycles. The molecule has 0 aliphatic heterocycles. The molecule has 0 aliphatic carbocycles. The van der Waals surface area contributed by atoms with E-state index in [1.165, 1.54) is 50.5 Å². The molecule has 12 heavy (non-hydrogen) atoms. The molecule has 0 fully saturated rings. The Kier molecular flexibility index (Phi) is 8.64. The smallest absolute Gasteiger partial charge is 0.0323 e. The van der Waals surface area contributed by atoms with Crippen LogP contribution in [0.25, 0.3) is 0 Å². The Bertz CT molecular complexity index is 103. The van der Waals surface area contributed by atoms with E-state index in [1.807, 2.05) is 0 Å². The van der Waals surface area contributed by atoms with Crippen molar-refractivity contribution in [2.75, 3.05) is 0 Å². The first kappa shape index (κ1) is 11.7. The highest BCUT2D eigenvalue weighted by Crippen LogP contribution is 2.11. The van der Waals surface area contributed by atoms with Crippen LogP contribution in [0, 0.1) is 6.92 Å². The van der Waals surface area contributed by atoms with E-state index in [9.17, 15) is 0 Å². The van der Waals surface area contributed by atoms with Crippen molar-refractivity contribution in [3.8, 4) is 0 Å². The molecule has 0 rings (SSSR count). The Balaban J connectivity index is 2.95. The van der Waals surface area contributed by atoms with Crippen molar-refractivity contribution < 1.29 is 0 Å². The summed E-state index contributed by atoms with van der Waals surface area (Å²) in [6, 6.07) is 0. The van der Waals surface area contributed by atoms with Crippen molar-refractivity contribution in [2.45, 2.75) is 58.3 Å². The van der Waals surface area contributed by atoms with Crippen molar-refractivity contribution in [1.82, 2.24) is 0 Å². The molecule has 0 aromatic carbocycles. The van der Waals surface area contributed by atoms with Gasteiger partial charge in [0.05, 0.1) is 0 Å². The molecule has 1 radical (unpaired) electrons. The normalized spacial score (nSPS) is 10.2. The van der Waals surface area contributed by atoms with Crippen LogP contribution in [0.3, 0.4) is 0 Å². The second kappa shape index (κ2) is 8.83. The fraction of sp³-hybridized carbons (Fsp3) is 0.750. The van der Waals surface area contributed by atoms with Crippen LogP contribution >= 0.6 is 0 Å². The molecule has 0 heteroatoms. The maximum absolute atomic E-state index is 3.94. The van der Waals surface area contributed by atoms with Crippen LogP contribution in [-0.4, -0.2) is 0 Å². The van der Waals surface area contributed by atoms with Crippen molar-refractivity contribution in [3.63, 3.8) is 0 Å². The summed E-state index contributed by atoms with van der Waals surface area (Å²) in [6.07, 6.45) is 10.3. The fourth-order valence-corrected chi connectivity index (χ4v) is 1.28. The molecular weight excluding hydrogens is 144 g/mol. The maximum atomic E-state index is 3.94. The van der Waals surface area contributed by atoms with E-state index >= 15 is 0 Å². The lowest BCUT2D eigenvalue weighted by Gasteiger charge is -2.01. The van der Waals surface area contributed by atoms with Gasteiger partial charge in [0.1, 0.15) is 0 Å². The van der Waals surface area contributed by atoms with Gasteiger partial charge in [-0.25, -0.2) is 0 Å². The maximum Gasteiger partial charge on any atom is -0.0323 e. The molecule has 0 bridgehead atoms. The molecule has 0 aromatic heterocycles. The summed E-state index contributed by atoms with van der Waals surface area (Å²) in [6.45, 7) is 10.0. The first-order chi connectivity index (χ1) is 5.81. The zero-order valence-corrected chi connectivity index (χ0v) is 8.57. The largest absolute Gasteiger partial charge is 0.0999 e. The Labute approximate surface area is 78.1 Å². The summed E-state index contributed by atoms with van der Waals surface area (Å²) in [5.74, 6) is 0. The van der Waals surface area contributed by atoms with E-state index < -0.39 is 0 Å². The topological polar surface area (TPSA) is 0 Å². The predicted molar refractivity (Wildman–Crippen MR) is 57.1 cm³/mol. The Hall–Kier alpha value is -0.260. The number of rotatable bonds is 8. The van der Waals surface area contributed by atoms with Gasteiger partial charge in [0, 0.05) is 0 Å². The number of unbranched alkanes of at least 4 members (excludes halogenated alkanes) is 5. The van der Waals surface area contributed by atoms with Gasteiger partial charge in [0.2, 0.25) is 0 Å². The van der Waals surface area contributed by atoms with Gasteiger partial charge < -0.3 is 0 Å². The van der Waals surface area contributed by atoms with Gasteiger partial charge in [-0.05, 0) is 26.2 Å². The highest BCUT2D eigenvalue weighted by Gasteiger charge is 1.92. The van der Waals surface area contributed by atoms with Crippen LogP contribution in [0.5, 0.6) is 0 Å². The molecule has 0 heterocycles. The Morgan fingerprint density at radius 2 is 1.58 bits per heavy atom. The molecule has 0 spiro atoms. The minimum atomic E-state index is 0.912. The van der Waals surface area contributed by atoms with Gasteiger partial charge in [0.15, 0.2) is 0 Å². The van der Waals surface area contributed by atoms with E-state index in [-0.39, 0.29) is 0 Å². The van der Waals surface area contributed by atoms with E-state index in [2.05, 4.69) is 20.4 Å². The van der Waals surface area contributed by atoms with Crippen molar-refractivity contribution in [2.24, 2.45) is 0 Å². The highest BCUT2D eigenvalue weighted by atomic mass is 14.0. The second-order valence-electron chi connectivity index (χ2n) is 3.52. The Morgan fingerprint density at radius 1 is 1.00 bits per heavy atom. The van der Waals surface area contributed by atoms with Gasteiger partial charge in [-0.2, -0.15) is 0 Å². The van der Waals surface area contributed by atoms with Crippen molar-refractivity contribution in [1.29, 1.82) is 0 Å². The molecule has 0 N–H and O–H groups in total. The summed E-state index contributed by atoms with van der Waals surface area (Å²) < 4.78 is 0. The lowest BCUT2D eigenvalue weighted by Crippen LogP contribution is -1.82. The van der Waals surface area contributed by atoms with Crippen LogP contribution in [0.15, 0.2) is 12.2 Å². The Morgan fingerprint density at radius 3 is 2.17 bits per heavy atom. The molecule has 0 atom stereocenters. The van der Waals surface area contributed by atoms with Crippen LogP contribution in [-0.2, 0) is 0 Å². The summed E-state index contributed by atoms with van der Waals surface area (Å²) in [4.78, 5) is 0. The van der Waals surface area contributed by atoms with E-state index in [0.717, 1.165) is 6.42 Å². The molecule has 0 unspecified atom stereocenters. The monoisotopic (exact) mass is 167 g/mol. The fourth-order valence-electron chi connectivity index (χ4n) is 1.28. The van der Waals surface area contributed by atoms with Crippen molar-refractivity contribution in [3.05, 3.63) is 19.1 Å². The van der Waals surface area contributed by atoms with Crippen LogP contribution < -0.4 is 0 Å². The van der Waals surface area contributed by atoms with Gasteiger partial charge in [-0.15, -0.1) is 0 Å². The lowest BCUT2D eigenvalue weighted by atomic mass is 10.1. The zero-order valence-electron chi connectivity index (χ0n) is 8.57. The quantitative estimate of drug-likeness (QED) is 0.368. The first-order valence-corrected chi connectivity index (χ1v) is 5.27. The SMILES string of the molecule is [CH2]CC(=C)CCCCCCCC. The molecular formula is C12H23. The minimum Gasteiger partial charge on any atom is -0.0999 e. The number of hydrogen-bond acceptors (Lipinski definition) is 0. The summed E-state index contributed by atoms with van der Waals surface area (Å²) >= 11 is 0. The predicted octanol–water partition coefficient (Wildman–Crippen LogP) is 4.52. The molecule has 0 saturated carbocycles. The van der Waals surface area contributed by atoms with Gasteiger partial charge in [-0.3, -0.25) is 0 Å². The van der Waals surface area contributed by atoms with Crippen molar-refractivity contribution >= 4 is 0 Å². The summed E-state index contributed by atoms with van der Waals surface area (Å²) in [5.41, 5.74) is 1.31. The third kappa shape index (κ3) is 7.84. The third-order valence-corrected chi connectivity index (χ3v) is 2.24. The first-order valence-electron chi connectivity index (χ1n) is 5.27.